The molecule has 26 heavy (non-hydrogen) atoms. The van der Waals surface area contributed by atoms with E-state index in [9.17, 15) is 9.59 Å². The summed E-state index contributed by atoms with van der Waals surface area (Å²) in [5, 5.41) is 3.11. The highest BCUT2D eigenvalue weighted by Gasteiger charge is 2.29. The molecular weight excluding hydrogens is 326 g/mol. The number of piperazine rings is 1. The molecule has 0 radical (unpaired) electrons. The molecule has 1 unspecified atom stereocenters. The lowest BCUT2D eigenvalue weighted by Crippen LogP contribution is -2.51. The molecule has 1 atom stereocenters. The Bertz CT molecular complexity index is 593. The second-order valence-corrected chi connectivity index (χ2v) is 7.69. The van der Waals surface area contributed by atoms with E-state index in [4.69, 9.17) is 0 Å². The summed E-state index contributed by atoms with van der Waals surface area (Å²) < 4.78 is 0. The molecule has 2 aliphatic rings. The van der Waals surface area contributed by atoms with Gasteiger partial charge in [-0.25, -0.2) is 0 Å². The maximum absolute atomic E-state index is 12.4. The Hall–Kier alpha value is -1.88. The van der Waals surface area contributed by atoms with Gasteiger partial charge in [0.1, 0.15) is 0 Å². The molecule has 2 amide bonds. The van der Waals surface area contributed by atoms with Crippen LogP contribution in [0.4, 0.5) is 0 Å². The number of carbonyl (C=O) groups is 2. The third kappa shape index (κ3) is 5.84. The number of hydrogen-bond acceptors (Lipinski definition) is 3. The Balaban J connectivity index is 1.31. The molecule has 2 fully saturated rings. The standard InChI is InChI=1S/C21H31N3O2/c1-17(19-10-11-19)22-20(25)16-23-12-14-24(15-13-23)21(26)9-5-8-18-6-3-2-4-7-18/h2-4,6-7,17,19H,5,8-16H2,1H3,(H,22,25). The number of hydrogen-bond donors (Lipinski definition) is 1. The van der Waals surface area contributed by atoms with Gasteiger partial charge in [0, 0.05) is 38.6 Å². The van der Waals surface area contributed by atoms with Crippen molar-refractivity contribution < 1.29 is 9.59 Å². The topological polar surface area (TPSA) is 52.7 Å². The minimum absolute atomic E-state index is 0.118. The molecule has 5 heteroatoms. The molecule has 1 N–H and O–H groups in total. The van der Waals surface area contributed by atoms with Gasteiger partial charge in [-0.2, -0.15) is 0 Å². The second-order valence-electron chi connectivity index (χ2n) is 7.69. The third-order valence-electron chi connectivity index (χ3n) is 5.51. The minimum Gasteiger partial charge on any atom is -0.352 e. The van der Waals surface area contributed by atoms with Gasteiger partial charge >= 0.3 is 0 Å². The van der Waals surface area contributed by atoms with Crippen molar-refractivity contribution >= 4 is 11.8 Å². The van der Waals surface area contributed by atoms with E-state index in [2.05, 4.69) is 29.3 Å². The maximum Gasteiger partial charge on any atom is 0.234 e. The van der Waals surface area contributed by atoms with Crippen molar-refractivity contribution in [3.8, 4) is 0 Å². The monoisotopic (exact) mass is 357 g/mol. The Morgan fingerprint density at radius 1 is 1.12 bits per heavy atom. The molecule has 1 aliphatic carbocycles. The average Bonchev–Trinajstić information content (AvgIpc) is 3.48. The van der Waals surface area contributed by atoms with Crippen molar-refractivity contribution in [2.45, 2.75) is 45.1 Å². The number of rotatable bonds is 8. The van der Waals surface area contributed by atoms with Crippen LogP contribution in [0.3, 0.4) is 0 Å². The molecule has 1 saturated heterocycles. The SMILES string of the molecule is CC(NC(=O)CN1CCN(C(=O)CCCc2ccccc2)CC1)C1CC1. The van der Waals surface area contributed by atoms with E-state index in [0.29, 0.717) is 24.9 Å². The molecule has 1 aromatic carbocycles. The quantitative estimate of drug-likeness (QED) is 0.775. The lowest BCUT2D eigenvalue weighted by molar-refractivity contribution is -0.133. The summed E-state index contributed by atoms with van der Waals surface area (Å²) in [5.74, 6) is 1.05. The third-order valence-corrected chi connectivity index (χ3v) is 5.51. The Labute approximate surface area is 156 Å². The van der Waals surface area contributed by atoms with E-state index in [1.807, 2.05) is 23.1 Å². The molecule has 1 aliphatic heterocycles. The summed E-state index contributed by atoms with van der Waals surface area (Å²) >= 11 is 0. The van der Waals surface area contributed by atoms with Crippen molar-refractivity contribution in [2.75, 3.05) is 32.7 Å². The Morgan fingerprint density at radius 2 is 1.81 bits per heavy atom. The normalized spacial score (nSPS) is 19.2. The van der Waals surface area contributed by atoms with Crippen molar-refractivity contribution in [3.05, 3.63) is 35.9 Å². The Kier molecular flexibility index (Phi) is 6.67. The molecule has 0 aromatic heterocycles. The van der Waals surface area contributed by atoms with Crippen molar-refractivity contribution in [3.63, 3.8) is 0 Å². The van der Waals surface area contributed by atoms with Gasteiger partial charge in [-0.15, -0.1) is 0 Å². The zero-order valence-electron chi connectivity index (χ0n) is 15.8. The lowest BCUT2D eigenvalue weighted by atomic mass is 10.1. The maximum atomic E-state index is 12.4. The lowest BCUT2D eigenvalue weighted by Gasteiger charge is -2.34. The van der Waals surface area contributed by atoms with Crippen LogP contribution in [0.15, 0.2) is 30.3 Å². The number of amides is 2. The highest BCUT2D eigenvalue weighted by atomic mass is 16.2. The van der Waals surface area contributed by atoms with Crippen LogP contribution in [0.1, 0.15) is 38.2 Å². The van der Waals surface area contributed by atoms with Crippen LogP contribution >= 0.6 is 0 Å². The van der Waals surface area contributed by atoms with Crippen molar-refractivity contribution in [1.82, 2.24) is 15.1 Å². The van der Waals surface area contributed by atoms with E-state index in [1.165, 1.54) is 18.4 Å². The average molecular weight is 357 g/mol. The van der Waals surface area contributed by atoms with Gasteiger partial charge in [0.25, 0.3) is 0 Å². The van der Waals surface area contributed by atoms with Gasteiger partial charge in [0.15, 0.2) is 0 Å². The highest BCUT2D eigenvalue weighted by molar-refractivity contribution is 5.78. The molecule has 1 heterocycles. The summed E-state index contributed by atoms with van der Waals surface area (Å²) in [6.07, 6.45) is 4.93. The number of benzene rings is 1. The first-order valence-electron chi connectivity index (χ1n) is 9.95. The first-order chi connectivity index (χ1) is 12.6. The molecular formula is C21H31N3O2. The predicted octanol–water partition coefficient (Wildman–Crippen LogP) is 2.07. The van der Waals surface area contributed by atoms with E-state index in [0.717, 1.165) is 39.0 Å². The van der Waals surface area contributed by atoms with Crippen LogP contribution in [0.5, 0.6) is 0 Å². The van der Waals surface area contributed by atoms with Gasteiger partial charge < -0.3 is 10.2 Å². The Morgan fingerprint density at radius 3 is 2.46 bits per heavy atom. The first-order valence-corrected chi connectivity index (χ1v) is 9.95. The van der Waals surface area contributed by atoms with Crippen LogP contribution in [0, 0.1) is 5.92 Å². The minimum atomic E-state index is 0.118. The van der Waals surface area contributed by atoms with Gasteiger partial charge in [0.05, 0.1) is 6.54 Å². The van der Waals surface area contributed by atoms with E-state index >= 15 is 0 Å². The largest absolute Gasteiger partial charge is 0.352 e. The van der Waals surface area contributed by atoms with Crippen molar-refractivity contribution in [1.29, 1.82) is 0 Å². The summed E-state index contributed by atoms with van der Waals surface area (Å²) in [7, 11) is 0. The fourth-order valence-electron chi connectivity index (χ4n) is 3.62. The molecule has 0 spiro atoms. The second kappa shape index (κ2) is 9.17. The predicted molar refractivity (Wildman–Crippen MR) is 103 cm³/mol. The summed E-state index contributed by atoms with van der Waals surface area (Å²) in [6, 6.07) is 10.6. The number of nitrogens with zero attached hydrogens (tertiary/aromatic N) is 2. The molecule has 3 rings (SSSR count). The summed E-state index contributed by atoms with van der Waals surface area (Å²) in [6.45, 7) is 5.59. The van der Waals surface area contributed by atoms with E-state index in [-0.39, 0.29) is 11.8 Å². The molecule has 5 nitrogen and oxygen atoms in total. The van der Waals surface area contributed by atoms with Crippen LogP contribution in [0.25, 0.3) is 0 Å². The van der Waals surface area contributed by atoms with Crippen LogP contribution < -0.4 is 5.32 Å². The number of nitrogens with one attached hydrogen (secondary N) is 1. The molecule has 142 valence electrons. The molecule has 1 saturated carbocycles. The van der Waals surface area contributed by atoms with Gasteiger partial charge in [-0.1, -0.05) is 30.3 Å². The number of carbonyl (C=O) groups excluding carboxylic acids is 2. The summed E-state index contributed by atoms with van der Waals surface area (Å²) in [4.78, 5) is 28.6. The van der Waals surface area contributed by atoms with E-state index in [1.54, 1.807) is 0 Å². The van der Waals surface area contributed by atoms with Crippen molar-refractivity contribution in [2.24, 2.45) is 5.92 Å². The fourth-order valence-corrected chi connectivity index (χ4v) is 3.62. The smallest absolute Gasteiger partial charge is 0.234 e. The molecule has 0 bridgehead atoms. The van der Waals surface area contributed by atoms with Crippen LogP contribution in [0.2, 0.25) is 0 Å². The van der Waals surface area contributed by atoms with Gasteiger partial charge in [0.2, 0.25) is 11.8 Å². The highest BCUT2D eigenvalue weighted by Crippen LogP contribution is 2.32. The van der Waals surface area contributed by atoms with E-state index < -0.39 is 0 Å². The summed E-state index contributed by atoms with van der Waals surface area (Å²) in [5.41, 5.74) is 1.29. The van der Waals surface area contributed by atoms with Crippen LogP contribution in [-0.4, -0.2) is 60.4 Å². The first kappa shape index (κ1) is 18.9. The van der Waals surface area contributed by atoms with Gasteiger partial charge in [-0.05, 0) is 44.1 Å². The molecule has 1 aromatic rings. The fraction of sp³-hybridized carbons (Fsp3) is 0.619. The van der Waals surface area contributed by atoms with Gasteiger partial charge in [-0.3, -0.25) is 14.5 Å². The zero-order chi connectivity index (χ0) is 18.4. The van der Waals surface area contributed by atoms with Crippen LogP contribution in [-0.2, 0) is 16.0 Å². The number of aryl methyl sites for hydroxylation is 1. The zero-order valence-corrected chi connectivity index (χ0v) is 15.8.